The average Bonchev–Trinajstić information content (AvgIpc) is 2.58. The molecule has 26 heavy (non-hydrogen) atoms. The van der Waals surface area contributed by atoms with E-state index < -0.39 is 33.1 Å². The lowest BCUT2D eigenvalue weighted by molar-refractivity contribution is -0.113. The maximum Gasteiger partial charge on any atom is 0.239 e. The van der Waals surface area contributed by atoms with E-state index in [1.165, 1.54) is 12.1 Å². The summed E-state index contributed by atoms with van der Waals surface area (Å²) in [5.41, 5.74) is 2.41. The largest absolute Gasteiger partial charge is 0.325 e. The smallest absolute Gasteiger partial charge is 0.239 e. The average molecular weight is 398 g/mol. The first kappa shape index (κ1) is 20.4. The van der Waals surface area contributed by atoms with Crippen LogP contribution in [0.3, 0.4) is 0 Å². The van der Waals surface area contributed by atoms with Gasteiger partial charge in [-0.2, -0.15) is 0 Å². The van der Waals surface area contributed by atoms with Gasteiger partial charge in [-0.05, 0) is 36.1 Å². The molecular formula is C19H21ClFNO3S. The van der Waals surface area contributed by atoms with Crippen LogP contribution >= 0.6 is 11.6 Å². The second kappa shape index (κ2) is 8.64. The second-order valence-corrected chi connectivity index (χ2v) is 8.41. The Labute approximate surface area is 158 Å². The van der Waals surface area contributed by atoms with Crippen LogP contribution in [-0.4, -0.2) is 20.1 Å². The third-order valence-corrected chi connectivity index (χ3v) is 5.82. The Morgan fingerprint density at radius 3 is 2.19 bits per heavy atom. The molecule has 4 nitrogen and oxygen atoms in total. The first-order valence-electron chi connectivity index (χ1n) is 8.31. The number of sulfone groups is 1. The summed E-state index contributed by atoms with van der Waals surface area (Å²) in [5.74, 6) is -2.71. The molecule has 1 amide bonds. The second-order valence-electron chi connectivity index (χ2n) is 5.94. The van der Waals surface area contributed by atoms with Crippen molar-refractivity contribution in [1.29, 1.82) is 0 Å². The van der Waals surface area contributed by atoms with E-state index in [0.717, 1.165) is 17.2 Å². The van der Waals surface area contributed by atoms with Gasteiger partial charge in [-0.3, -0.25) is 4.79 Å². The number of para-hydroxylation sites is 1. The Morgan fingerprint density at radius 2 is 1.65 bits per heavy atom. The minimum atomic E-state index is -3.87. The first-order chi connectivity index (χ1) is 12.3. The van der Waals surface area contributed by atoms with Gasteiger partial charge in [0.05, 0.1) is 5.75 Å². The van der Waals surface area contributed by atoms with Gasteiger partial charge in [-0.15, -0.1) is 0 Å². The molecule has 0 fully saturated rings. The van der Waals surface area contributed by atoms with Crippen molar-refractivity contribution in [2.24, 2.45) is 0 Å². The zero-order valence-electron chi connectivity index (χ0n) is 14.7. The van der Waals surface area contributed by atoms with Crippen LogP contribution < -0.4 is 5.32 Å². The van der Waals surface area contributed by atoms with Crippen molar-refractivity contribution in [1.82, 2.24) is 0 Å². The highest BCUT2D eigenvalue weighted by Crippen LogP contribution is 2.24. The lowest BCUT2D eigenvalue weighted by Gasteiger charge is -2.14. The van der Waals surface area contributed by atoms with Crippen LogP contribution in [0.4, 0.5) is 10.1 Å². The zero-order chi connectivity index (χ0) is 19.3. The van der Waals surface area contributed by atoms with Crippen molar-refractivity contribution in [3.63, 3.8) is 0 Å². The highest BCUT2D eigenvalue weighted by molar-refractivity contribution is 7.91. The van der Waals surface area contributed by atoms with E-state index in [4.69, 9.17) is 11.6 Å². The molecule has 0 saturated heterocycles. The predicted molar refractivity (Wildman–Crippen MR) is 103 cm³/mol. The van der Waals surface area contributed by atoms with Crippen LogP contribution in [0.1, 0.15) is 30.5 Å². The van der Waals surface area contributed by atoms with Gasteiger partial charge < -0.3 is 5.32 Å². The van der Waals surface area contributed by atoms with Gasteiger partial charge in [0.2, 0.25) is 5.91 Å². The van der Waals surface area contributed by atoms with E-state index in [9.17, 15) is 17.6 Å². The molecule has 2 aromatic rings. The van der Waals surface area contributed by atoms with Gasteiger partial charge in [0.25, 0.3) is 0 Å². The number of rotatable bonds is 7. The molecule has 0 aliphatic rings. The predicted octanol–water partition coefficient (Wildman–Crippen LogP) is 4.16. The van der Waals surface area contributed by atoms with Crippen LogP contribution in [0.2, 0.25) is 5.02 Å². The third-order valence-electron chi connectivity index (χ3n) is 4.04. The fraction of sp³-hybridized carbons (Fsp3) is 0.316. The Bertz CT molecular complexity index is 870. The fourth-order valence-corrected chi connectivity index (χ4v) is 4.34. The van der Waals surface area contributed by atoms with E-state index in [2.05, 4.69) is 5.32 Å². The highest BCUT2D eigenvalue weighted by Gasteiger charge is 2.22. The van der Waals surface area contributed by atoms with Gasteiger partial charge in [-0.1, -0.05) is 49.7 Å². The van der Waals surface area contributed by atoms with Crippen molar-refractivity contribution < 1.29 is 17.6 Å². The molecule has 140 valence electrons. The molecule has 0 saturated carbocycles. The van der Waals surface area contributed by atoms with Crippen molar-refractivity contribution in [2.45, 2.75) is 32.4 Å². The molecule has 0 aromatic heterocycles. The molecule has 7 heteroatoms. The number of anilines is 1. The third kappa shape index (κ3) is 5.05. The molecule has 0 aliphatic carbocycles. The molecule has 0 bridgehead atoms. The summed E-state index contributed by atoms with van der Waals surface area (Å²) in [4.78, 5) is 12.3. The number of nitrogens with one attached hydrogen (secondary N) is 1. The molecule has 0 unspecified atom stereocenters. The quantitative estimate of drug-likeness (QED) is 0.763. The Balaban J connectivity index is 2.17. The molecule has 0 radical (unpaired) electrons. The summed E-state index contributed by atoms with van der Waals surface area (Å²) >= 11 is 5.88. The van der Waals surface area contributed by atoms with Crippen LogP contribution in [-0.2, 0) is 33.2 Å². The van der Waals surface area contributed by atoms with Crippen LogP contribution in [0.15, 0.2) is 36.4 Å². The molecular weight excluding hydrogens is 377 g/mol. The van der Waals surface area contributed by atoms with E-state index in [1.807, 2.05) is 32.0 Å². The van der Waals surface area contributed by atoms with Crippen LogP contribution in [0.25, 0.3) is 0 Å². The van der Waals surface area contributed by atoms with E-state index in [-0.39, 0.29) is 10.6 Å². The topological polar surface area (TPSA) is 63.2 Å². The maximum atomic E-state index is 13.8. The summed E-state index contributed by atoms with van der Waals surface area (Å²) < 4.78 is 38.5. The summed E-state index contributed by atoms with van der Waals surface area (Å²) in [7, 11) is -3.87. The van der Waals surface area contributed by atoms with E-state index in [0.29, 0.717) is 18.5 Å². The molecule has 1 N–H and O–H groups in total. The fourth-order valence-electron chi connectivity index (χ4n) is 2.72. The van der Waals surface area contributed by atoms with Gasteiger partial charge in [0.15, 0.2) is 9.84 Å². The number of carbonyl (C=O) groups excluding carboxylic acids is 1. The molecule has 0 spiro atoms. The lowest BCUT2D eigenvalue weighted by Crippen LogP contribution is -2.25. The Hall–Kier alpha value is -1.92. The zero-order valence-corrected chi connectivity index (χ0v) is 16.3. The standard InChI is InChI=1S/C19H21ClFNO3S/c1-3-13-7-5-8-14(4-2)19(13)22-18(23)12-26(24,25)11-15-16(20)9-6-10-17(15)21/h5-10H,3-4,11-12H2,1-2H3,(H,22,23). The summed E-state index contributed by atoms with van der Waals surface area (Å²) in [6, 6.07) is 9.64. The summed E-state index contributed by atoms with van der Waals surface area (Å²) in [6.45, 7) is 3.92. The first-order valence-corrected chi connectivity index (χ1v) is 10.5. The van der Waals surface area contributed by atoms with Gasteiger partial charge in [0.1, 0.15) is 11.6 Å². The van der Waals surface area contributed by atoms with Gasteiger partial charge >= 0.3 is 0 Å². The van der Waals surface area contributed by atoms with Crippen LogP contribution in [0.5, 0.6) is 0 Å². The number of aryl methyl sites for hydroxylation is 2. The van der Waals surface area contributed by atoms with Gasteiger partial charge in [-0.25, -0.2) is 12.8 Å². The van der Waals surface area contributed by atoms with Crippen molar-refractivity contribution in [3.8, 4) is 0 Å². The van der Waals surface area contributed by atoms with E-state index >= 15 is 0 Å². The van der Waals surface area contributed by atoms with Crippen molar-refractivity contribution in [2.75, 3.05) is 11.1 Å². The Kier molecular flexibility index (Phi) is 6.78. The molecule has 0 atom stereocenters. The Morgan fingerprint density at radius 1 is 1.08 bits per heavy atom. The molecule has 0 aliphatic heterocycles. The highest BCUT2D eigenvalue weighted by atomic mass is 35.5. The monoisotopic (exact) mass is 397 g/mol. The number of hydrogen-bond donors (Lipinski definition) is 1. The normalized spacial score (nSPS) is 11.4. The minimum absolute atomic E-state index is 0.0265. The summed E-state index contributed by atoms with van der Waals surface area (Å²) in [5, 5.41) is 2.73. The lowest BCUT2D eigenvalue weighted by atomic mass is 10.0. The van der Waals surface area contributed by atoms with Gasteiger partial charge in [0, 0.05) is 16.3 Å². The maximum absolute atomic E-state index is 13.8. The molecule has 0 heterocycles. The number of benzene rings is 2. The van der Waals surface area contributed by atoms with Crippen molar-refractivity contribution in [3.05, 3.63) is 63.9 Å². The van der Waals surface area contributed by atoms with Crippen molar-refractivity contribution >= 4 is 33.0 Å². The van der Waals surface area contributed by atoms with Crippen LogP contribution in [0, 0.1) is 5.82 Å². The van der Waals surface area contributed by atoms with E-state index in [1.54, 1.807) is 0 Å². The number of carbonyl (C=O) groups is 1. The minimum Gasteiger partial charge on any atom is -0.325 e. The molecule has 2 aromatic carbocycles. The number of amides is 1. The molecule has 2 rings (SSSR count). The SMILES string of the molecule is CCc1cccc(CC)c1NC(=O)CS(=O)(=O)Cc1c(F)cccc1Cl. The number of halogens is 2. The number of hydrogen-bond acceptors (Lipinski definition) is 3. The summed E-state index contributed by atoms with van der Waals surface area (Å²) in [6.07, 6.45) is 1.42.